The third-order valence-corrected chi connectivity index (χ3v) is 4.79. The predicted octanol–water partition coefficient (Wildman–Crippen LogP) is 2.81. The Hall–Kier alpha value is -2.96. The number of hydrogen-bond acceptors (Lipinski definition) is 3. The lowest BCUT2D eigenvalue weighted by atomic mass is 9.89. The van der Waals surface area contributed by atoms with Crippen LogP contribution in [0.15, 0.2) is 42.5 Å². The molecule has 142 valence electrons. The number of phenols is 1. The number of carbonyl (C=O) groups is 2. The van der Waals surface area contributed by atoms with E-state index in [1.807, 2.05) is 12.1 Å². The molecule has 1 aliphatic heterocycles. The fraction of sp³-hybridized carbons (Fsp3) is 0.300. The summed E-state index contributed by atoms with van der Waals surface area (Å²) in [5.41, 5.74) is 0.829. The van der Waals surface area contributed by atoms with Gasteiger partial charge >= 0.3 is 0 Å². The number of aromatic hydroxyl groups is 1. The highest BCUT2D eigenvalue weighted by Gasteiger charge is 2.24. The van der Waals surface area contributed by atoms with E-state index < -0.39 is 17.5 Å². The van der Waals surface area contributed by atoms with Gasteiger partial charge in [-0.3, -0.25) is 9.59 Å². The molecule has 1 heterocycles. The summed E-state index contributed by atoms with van der Waals surface area (Å²) in [6, 6.07) is 9.74. The number of halogens is 2. The largest absolute Gasteiger partial charge is 0.508 e. The molecule has 0 spiro atoms. The van der Waals surface area contributed by atoms with Gasteiger partial charge in [-0.15, -0.1) is 0 Å². The fourth-order valence-electron chi connectivity index (χ4n) is 3.25. The van der Waals surface area contributed by atoms with Crippen LogP contribution in [0.25, 0.3) is 0 Å². The molecule has 0 unspecified atom stereocenters. The molecule has 27 heavy (non-hydrogen) atoms. The van der Waals surface area contributed by atoms with E-state index in [4.69, 9.17) is 0 Å². The summed E-state index contributed by atoms with van der Waals surface area (Å²) >= 11 is 0. The Labute approximate surface area is 155 Å². The third-order valence-electron chi connectivity index (χ3n) is 4.79. The van der Waals surface area contributed by atoms with Crippen LogP contribution >= 0.6 is 0 Å². The quantitative estimate of drug-likeness (QED) is 0.865. The van der Waals surface area contributed by atoms with E-state index in [0.29, 0.717) is 25.1 Å². The van der Waals surface area contributed by atoms with E-state index in [2.05, 4.69) is 5.32 Å². The minimum Gasteiger partial charge on any atom is -0.508 e. The lowest BCUT2D eigenvalue weighted by molar-refractivity contribution is -0.131. The Morgan fingerprint density at radius 3 is 2.37 bits per heavy atom. The Balaban J connectivity index is 1.49. The number of amides is 2. The molecule has 0 aromatic heterocycles. The van der Waals surface area contributed by atoms with E-state index in [1.54, 1.807) is 17.0 Å². The Morgan fingerprint density at radius 2 is 1.74 bits per heavy atom. The maximum Gasteiger partial charge on any atom is 0.254 e. The van der Waals surface area contributed by atoms with Crippen LogP contribution in [0.3, 0.4) is 0 Å². The van der Waals surface area contributed by atoms with E-state index in [-0.39, 0.29) is 23.8 Å². The average Bonchev–Trinajstić information content (AvgIpc) is 2.66. The van der Waals surface area contributed by atoms with Gasteiger partial charge in [-0.05, 0) is 48.6 Å². The highest BCUT2D eigenvalue weighted by molar-refractivity contribution is 5.96. The Kier molecular flexibility index (Phi) is 5.69. The molecule has 0 radical (unpaired) electrons. The first-order chi connectivity index (χ1) is 12.9. The predicted molar refractivity (Wildman–Crippen MR) is 95.4 cm³/mol. The smallest absolute Gasteiger partial charge is 0.254 e. The van der Waals surface area contributed by atoms with Gasteiger partial charge in [0.1, 0.15) is 17.4 Å². The second-order valence-corrected chi connectivity index (χ2v) is 6.55. The fourth-order valence-corrected chi connectivity index (χ4v) is 3.25. The molecule has 1 saturated heterocycles. The Bertz CT molecular complexity index is 832. The minimum atomic E-state index is -0.963. The van der Waals surface area contributed by atoms with Crippen LogP contribution in [0.5, 0.6) is 5.75 Å². The molecule has 2 N–H and O–H groups in total. The third kappa shape index (κ3) is 4.61. The van der Waals surface area contributed by atoms with Gasteiger partial charge in [-0.1, -0.05) is 12.1 Å². The van der Waals surface area contributed by atoms with Crippen LogP contribution in [0, 0.1) is 11.6 Å². The number of piperidine rings is 1. The van der Waals surface area contributed by atoms with E-state index in [1.165, 1.54) is 0 Å². The van der Waals surface area contributed by atoms with Gasteiger partial charge in [0.2, 0.25) is 5.91 Å². The number of carbonyl (C=O) groups excluding carboxylic acids is 2. The number of nitrogens with one attached hydrogen (secondary N) is 1. The molecule has 0 aliphatic carbocycles. The van der Waals surface area contributed by atoms with Crippen molar-refractivity contribution in [3.63, 3.8) is 0 Å². The van der Waals surface area contributed by atoms with Crippen LogP contribution in [0.2, 0.25) is 0 Å². The van der Waals surface area contributed by atoms with Crippen molar-refractivity contribution in [2.75, 3.05) is 19.6 Å². The standard InChI is InChI=1S/C20H20F2N2O3/c21-15-3-6-17(18(22)11-15)20(27)23-12-19(26)24-9-7-14(8-10-24)13-1-4-16(25)5-2-13/h1-6,11,14,25H,7-10,12H2,(H,23,27). The first-order valence-electron chi connectivity index (χ1n) is 8.74. The van der Waals surface area contributed by atoms with Gasteiger partial charge in [0.25, 0.3) is 5.91 Å². The highest BCUT2D eigenvalue weighted by Crippen LogP contribution is 2.28. The van der Waals surface area contributed by atoms with Gasteiger partial charge in [0.05, 0.1) is 12.1 Å². The van der Waals surface area contributed by atoms with Crippen molar-refractivity contribution in [2.24, 2.45) is 0 Å². The number of nitrogens with zero attached hydrogens (tertiary/aromatic N) is 1. The molecule has 1 aliphatic rings. The zero-order valence-electron chi connectivity index (χ0n) is 14.6. The molecule has 0 bridgehead atoms. The van der Waals surface area contributed by atoms with Crippen LogP contribution < -0.4 is 5.32 Å². The van der Waals surface area contributed by atoms with E-state index in [0.717, 1.165) is 30.5 Å². The van der Waals surface area contributed by atoms with Crippen molar-refractivity contribution < 1.29 is 23.5 Å². The zero-order valence-corrected chi connectivity index (χ0v) is 14.6. The maximum absolute atomic E-state index is 13.6. The van der Waals surface area contributed by atoms with E-state index >= 15 is 0 Å². The van der Waals surface area contributed by atoms with Gasteiger partial charge in [-0.2, -0.15) is 0 Å². The van der Waals surface area contributed by atoms with Crippen LogP contribution in [-0.4, -0.2) is 41.5 Å². The summed E-state index contributed by atoms with van der Waals surface area (Å²) in [6.45, 7) is 0.885. The van der Waals surface area contributed by atoms with Crippen molar-refractivity contribution >= 4 is 11.8 Å². The lowest BCUT2D eigenvalue weighted by Gasteiger charge is -2.32. The van der Waals surface area contributed by atoms with Gasteiger partial charge in [-0.25, -0.2) is 8.78 Å². The number of benzene rings is 2. The molecule has 7 heteroatoms. The van der Waals surface area contributed by atoms with Gasteiger partial charge in [0, 0.05) is 19.2 Å². The summed E-state index contributed by atoms with van der Waals surface area (Å²) in [6.07, 6.45) is 1.58. The normalized spacial score (nSPS) is 14.8. The zero-order chi connectivity index (χ0) is 19.4. The monoisotopic (exact) mass is 374 g/mol. The van der Waals surface area contributed by atoms with Gasteiger partial charge in [0.15, 0.2) is 0 Å². The van der Waals surface area contributed by atoms with Crippen molar-refractivity contribution in [3.8, 4) is 5.75 Å². The summed E-state index contributed by atoms with van der Waals surface area (Å²) in [7, 11) is 0. The first-order valence-corrected chi connectivity index (χ1v) is 8.74. The molecule has 2 aromatic rings. The molecule has 3 rings (SSSR count). The molecule has 2 amide bonds. The molecule has 1 fully saturated rings. The van der Waals surface area contributed by atoms with Crippen molar-refractivity contribution in [3.05, 3.63) is 65.2 Å². The maximum atomic E-state index is 13.6. The summed E-state index contributed by atoms with van der Waals surface area (Å²) in [4.78, 5) is 25.9. The minimum absolute atomic E-state index is 0.222. The first kappa shape index (κ1) is 18.8. The van der Waals surface area contributed by atoms with Crippen molar-refractivity contribution in [1.82, 2.24) is 10.2 Å². The number of likely N-dealkylation sites (tertiary alicyclic amines) is 1. The van der Waals surface area contributed by atoms with Crippen molar-refractivity contribution in [1.29, 1.82) is 0 Å². The number of phenolic OH excluding ortho intramolecular Hbond substituents is 1. The molecular weight excluding hydrogens is 354 g/mol. The molecule has 0 saturated carbocycles. The number of hydrogen-bond donors (Lipinski definition) is 2. The second-order valence-electron chi connectivity index (χ2n) is 6.55. The van der Waals surface area contributed by atoms with E-state index in [9.17, 15) is 23.5 Å². The van der Waals surface area contributed by atoms with Crippen molar-refractivity contribution in [2.45, 2.75) is 18.8 Å². The summed E-state index contributed by atoms with van der Waals surface area (Å²) in [5, 5.41) is 11.7. The highest BCUT2D eigenvalue weighted by atomic mass is 19.1. The van der Waals surface area contributed by atoms with Crippen LogP contribution in [0.1, 0.15) is 34.7 Å². The molecular formula is C20H20F2N2O3. The lowest BCUT2D eigenvalue weighted by Crippen LogP contribution is -2.43. The topological polar surface area (TPSA) is 69.6 Å². The average molecular weight is 374 g/mol. The molecule has 0 atom stereocenters. The van der Waals surface area contributed by atoms with Crippen LogP contribution in [0.4, 0.5) is 8.78 Å². The van der Waals surface area contributed by atoms with Crippen LogP contribution in [-0.2, 0) is 4.79 Å². The molecule has 5 nitrogen and oxygen atoms in total. The summed E-state index contributed by atoms with van der Waals surface area (Å²) in [5.74, 6) is -2.18. The number of rotatable bonds is 4. The summed E-state index contributed by atoms with van der Waals surface area (Å²) < 4.78 is 26.5. The second kappa shape index (κ2) is 8.16. The molecule has 2 aromatic carbocycles. The SMILES string of the molecule is O=C(NCC(=O)N1CCC(c2ccc(O)cc2)CC1)c1ccc(F)cc1F. The Morgan fingerprint density at radius 1 is 1.07 bits per heavy atom. The van der Waals surface area contributed by atoms with Gasteiger partial charge < -0.3 is 15.3 Å².